The molecule has 0 rings (SSSR count). The van der Waals surface area contributed by atoms with Gasteiger partial charge in [-0.3, -0.25) is 0 Å². The van der Waals surface area contributed by atoms with E-state index in [2.05, 4.69) is 0 Å². The second-order valence-electron chi connectivity index (χ2n) is 0. The van der Waals surface area contributed by atoms with Crippen LogP contribution in [0.25, 0.3) is 0 Å². The van der Waals surface area contributed by atoms with Crippen molar-refractivity contribution >= 4 is 23.1 Å². The molecule has 19 valence electrons. The zero-order chi connectivity index (χ0) is 0. The topological polar surface area (TPSA) is 0 Å². The normalized spacial score (nSPS) is 0. The first-order valence-electron chi connectivity index (χ1n) is 0. The van der Waals surface area contributed by atoms with Crippen LogP contribution in [0.4, 0.5) is 0 Å². The summed E-state index contributed by atoms with van der Waals surface area (Å²) in [6, 6.07) is 0. The minimum Gasteiger partial charge on any atom is 0 e. The summed E-state index contributed by atoms with van der Waals surface area (Å²) in [4.78, 5) is 0. The maximum atomic E-state index is 0. The summed E-state index contributed by atoms with van der Waals surface area (Å²) in [5, 5.41) is 0. The van der Waals surface area contributed by atoms with E-state index in [1.165, 1.54) is 0 Å². The van der Waals surface area contributed by atoms with E-state index in [0.717, 1.165) is 0 Å². The van der Waals surface area contributed by atoms with Gasteiger partial charge in [-0.15, -0.1) is 0 Å². The van der Waals surface area contributed by atoms with Crippen LogP contribution in [-0.2, 0) is 44.8 Å². The van der Waals surface area contributed by atoms with Gasteiger partial charge < -0.3 is 0 Å². The first-order chi connectivity index (χ1) is 0. The van der Waals surface area contributed by atoms with Crippen LogP contribution < -0.4 is 0 Å². The van der Waals surface area contributed by atoms with Gasteiger partial charge in [0.05, 0.1) is 0 Å². The molecule has 0 aromatic heterocycles. The Morgan fingerprint density at radius 2 is 1.00 bits per heavy atom. The molecule has 0 unspecified atom stereocenters. The SMILES string of the molecule is [Ce].[La].[Mg].[Nb].[Ta]. The Morgan fingerprint density at radius 3 is 1.00 bits per heavy atom. The summed E-state index contributed by atoms with van der Waals surface area (Å²) in [5.74, 6) is 0. The van der Waals surface area contributed by atoms with E-state index in [1.54, 1.807) is 0 Å². The molecular formula is CeLaMgNbTa. The van der Waals surface area contributed by atoms with Gasteiger partial charge in [0.15, 0.2) is 0 Å². The Labute approximate surface area is 141 Å². The minimum atomic E-state index is 0. The van der Waals surface area contributed by atoms with E-state index >= 15 is 0 Å². The fraction of sp³-hybridized carbons (Fsp3) is 0. The summed E-state index contributed by atoms with van der Waals surface area (Å²) in [5.41, 5.74) is 0. The van der Waals surface area contributed by atoms with Crippen molar-refractivity contribution in [2.75, 3.05) is 0 Å². The van der Waals surface area contributed by atoms with Crippen LogP contribution in [0.15, 0.2) is 0 Å². The predicted molar refractivity (Wildman–Crippen MR) is 5.75 cm³/mol. The van der Waals surface area contributed by atoms with E-state index in [4.69, 9.17) is 0 Å². The average Bonchev–Trinajstić information content (AvgIpc) is 0. The number of hydrogen-bond donors (Lipinski definition) is 0. The van der Waals surface area contributed by atoms with Gasteiger partial charge in [-0.25, -0.2) is 0 Å². The Hall–Kier alpha value is 4.82. The molecule has 0 atom stereocenters. The molecule has 5 radical (unpaired) electrons. The first kappa shape index (κ1) is 32.9. The molecule has 0 aromatic carbocycles. The first-order valence-corrected chi connectivity index (χ1v) is 0. The van der Waals surface area contributed by atoms with Gasteiger partial charge in [0.2, 0.25) is 0 Å². The Morgan fingerprint density at radius 1 is 1.00 bits per heavy atom. The summed E-state index contributed by atoms with van der Waals surface area (Å²) in [7, 11) is 0. The Balaban J connectivity index is 0. The number of rotatable bonds is 0. The fourth-order valence-corrected chi connectivity index (χ4v) is 0. The van der Waals surface area contributed by atoms with Crippen molar-refractivity contribution in [3.8, 4) is 0 Å². The third-order valence-electron chi connectivity index (χ3n) is 0. The van der Waals surface area contributed by atoms with Crippen LogP contribution in [-0.4, -0.2) is 23.1 Å². The average molecular weight is 577 g/mol. The van der Waals surface area contributed by atoms with Crippen molar-refractivity contribution in [2.45, 2.75) is 0 Å². The molecule has 0 bridgehead atoms. The van der Waals surface area contributed by atoms with Gasteiger partial charge in [-0.2, -0.15) is 0 Å². The van der Waals surface area contributed by atoms with Crippen molar-refractivity contribution < 1.29 is 122 Å². The van der Waals surface area contributed by atoms with E-state index in [9.17, 15) is 0 Å². The van der Waals surface area contributed by atoms with E-state index in [-0.39, 0.29) is 145 Å². The molecular weight excluding hydrogens is 577 g/mol. The van der Waals surface area contributed by atoms with Crippen molar-refractivity contribution in [1.29, 1.82) is 0 Å². The van der Waals surface area contributed by atoms with Gasteiger partial charge in [-0.1, -0.05) is 0 Å². The maximum Gasteiger partial charge on any atom is 0 e. The molecule has 0 aliphatic rings. The predicted octanol–water partition coefficient (Wildman–Crippen LogP) is -0.386. The van der Waals surface area contributed by atoms with E-state index in [1.807, 2.05) is 0 Å². The summed E-state index contributed by atoms with van der Waals surface area (Å²) >= 11 is 0. The molecule has 0 fully saturated rings. The standard InChI is InChI=1S/Ce.La.Mg.Nb.Ta. The molecule has 0 aliphatic heterocycles. The van der Waals surface area contributed by atoms with Crippen LogP contribution in [0, 0.1) is 77.3 Å². The summed E-state index contributed by atoms with van der Waals surface area (Å²) in [6.07, 6.45) is 0. The van der Waals surface area contributed by atoms with Gasteiger partial charge in [0, 0.05) is 145 Å². The molecule has 0 nitrogen and oxygen atoms in total. The smallest absolute Gasteiger partial charge is 0 e. The van der Waals surface area contributed by atoms with Gasteiger partial charge in [0.25, 0.3) is 0 Å². The Kier molecular flexibility index (Phi) is 153. The quantitative estimate of drug-likeness (QED) is 0.345. The molecule has 5 heavy (non-hydrogen) atoms. The second-order valence-corrected chi connectivity index (χ2v) is 0. The van der Waals surface area contributed by atoms with Crippen molar-refractivity contribution in [3.63, 3.8) is 0 Å². The van der Waals surface area contributed by atoms with Crippen LogP contribution in [0.5, 0.6) is 0 Å². The monoisotopic (exact) mass is 577 g/mol. The van der Waals surface area contributed by atoms with E-state index < -0.39 is 0 Å². The third kappa shape index (κ3) is 17.7. The zero-order valence-electron chi connectivity index (χ0n) is 2.68. The molecule has 0 amide bonds. The van der Waals surface area contributed by atoms with Crippen LogP contribution in [0.3, 0.4) is 0 Å². The summed E-state index contributed by atoms with van der Waals surface area (Å²) in [6.45, 7) is 0. The van der Waals surface area contributed by atoms with Crippen LogP contribution >= 0.6 is 0 Å². The largest absolute Gasteiger partial charge is 0 e. The minimum absolute atomic E-state index is 0. The maximum absolute atomic E-state index is 0. The zero-order valence-corrected chi connectivity index (χ0v) is 16.3. The van der Waals surface area contributed by atoms with Gasteiger partial charge >= 0.3 is 0 Å². The van der Waals surface area contributed by atoms with Crippen LogP contribution in [0.2, 0.25) is 0 Å². The van der Waals surface area contributed by atoms with E-state index in [0.29, 0.717) is 0 Å². The molecule has 0 aliphatic carbocycles. The Bertz CT molecular complexity index is 11.6. The molecule has 0 spiro atoms. The third-order valence-corrected chi connectivity index (χ3v) is 0. The van der Waals surface area contributed by atoms with Crippen LogP contribution in [0.1, 0.15) is 0 Å². The molecule has 0 aromatic rings. The molecule has 5 heteroatoms. The summed E-state index contributed by atoms with van der Waals surface area (Å²) < 4.78 is 0. The van der Waals surface area contributed by atoms with Crippen molar-refractivity contribution in [1.82, 2.24) is 0 Å². The molecule has 0 saturated carbocycles. The molecule has 0 saturated heterocycles. The molecule has 0 heterocycles. The molecule has 0 N–H and O–H groups in total. The second kappa shape index (κ2) is 23.2. The van der Waals surface area contributed by atoms with Crippen molar-refractivity contribution in [2.24, 2.45) is 0 Å². The van der Waals surface area contributed by atoms with Gasteiger partial charge in [0.1, 0.15) is 0 Å². The number of hydrogen-bond acceptors (Lipinski definition) is 0. The van der Waals surface area contributed by atoms with Gasteiger partial charge in [-0.05, 0) is 0 Å². The fourth-order valence-electron chi connectivity index (χ4n) is 0. The van der Waals surface area contributed by atoms with Crippen molar-refractivity contribution in [3.05, 3.63) is 0 Å².